The molecule has 0 spiro atoms. The summed E-state index contributed by atoms with van der Waals surface area (Å²) in [6, 6.07) is 5.46. The molecule has 0 radical (unpaired) electrons. The van der Waals surface area contributed by atoms with Crippen molar-refractivity contribution in [3.63, 3.8) is 0 Å². The van der Waals surface area contributed by atoms with Crippen LogP contribution >= 0.6 is 0 Å². The van der Waals surface area contributed by atoms with Crippen LogP contribution in [0.2, 0.25) is 0 Å². The molecule has 3 atom stereocenters. The zero-order chi connectivity index (χ0) is 20.4. The van der Waals surface area contributed by atoms with E-state index in [1.807, 2.05) is 10.6 Å². The molecule has 4 rings (SSSR count). The lowest BCUT2D eigenvalue weighted by Gasteiger charge is -2.47. The first-order chi connectivity index (χ1) is 14.0. The van der Waals surface area contributed by atoms with E-state index in [1.165, 1.54) is 24.2 Å². The molecule has 7 heteroatoms. The van der Waals surface area contributed by atoms with E-state index in [2.05, 4.69) is 46.2 Å². The summed E-state index contributed by atoms with van der Waals surface area (Å²) >= 11 is 0. The number of nitrogens with one attached hydrogen (secondary N) is 1. The summed E-state index contributed by atoms with van der Waals surface area (Å²) in [5.74, 6) is 0.400. The number of carbonyl (C=O) groups excluding carboxylic acids is 1. The standard InChI is InChI=1S/C22H27N5O2/c1-15(2)6-9-26-13-16-10-17(14-26)20(27-19(16)4-3-5-21(27)28)12-25-22(29)18-11-23-7-8-24-18/h3-8,11,16-17,20H,9-10,12-14H2,1-2H3,(H,25,29)/t16-,17+,20+/m1/s1. The fourth-order valence-electron chi connectivity index (χ4n) is 4.56. The van der Waals surface area contributed by atoms with Gasteiger partial charge in [0.1, 0.15) is 5.69 Å². The number of hydrogen-bond acceptors (Lipinski definition) is 5. The summed E-state index contributed by atoms with van der Waals surface area (Å²) in [6.07, 6.45) is 7.79. The third-order valence-corrected chi connectivity index (χ3v) is 5.90. The number of piperidine rings is 1. The van der Waals surface area contributed by atoms with Gasteiger partial charge in [-0.05, 0) is 32.3 Å². The van der Waals surface area contributed by atoms with E-state index < -0.39 is 0 Å². The van der Waals surface area contributed by atoms with Gasteiger partial charge in [-0.3, -0.25) is 19.5 Å². The molecule has 0 saturated carbocycles. The van der Waals surface area contributed by atoms with Gasteiger partial charge < -0.3 is 9.88 Å². The monoisotopic (exact) mass is 393 g/mol. The molecule has 1 saturated heterocycles. The lowest BCUT2D eigenvalue weighted by atomic mass is 9.78. The SMILES string of the molecule is CC(C)=CCN1C[C@H]2C[C@@H](C1)[C@H](CNC(=O)c1cnccn1)n1c2cccc1=O. The number of rotatable bonds is 5. The van der Waals surface area contributed by atoms with Gasteiger partial charge in [0, 0.05) is 56.3 Å². The Hall–Kier alpha value is -2.80. The lowest BCUT2D eigenvalue weighted by Crippen LogP contribution is -2.52. The van der Waals surface area contributed by atoms with Crippen LogP contribution in [0.15, 0.2) is 53.2 Å². The zero-order valence-electron chi connectivity index (χ0n) is 16.9. The predicted octanol–water partition coefficient (Wildman–Crippen LogP) is 1.99. The lowest BCUT2D eigenvalue weighted by molar-refractivity contribution is 0.0853. The van der Waals surface area contributed by atoms with E-state index in [9.17, 15) is 9.59 Å². The maximum atomic E-state index is 12.7. The molecule has 152 valence electrons. The molecule has 4 heterocycles. The Morgan fingerprint density at radius 2 is 2.14 bits per heavy atom. The zero-order valence-corrected chi connectivity index (χ0v) is 16.9. The third-order valence-electron chi connectivity index (χ3n) is 5.90. The van der Waals surface area contributed by atoms with Gasteiger partial charge >= 0.3 is 0 Å². The van der Waals surface area contributed by atoms with Gasteiger partial charge in [0.2, 0.25) is 0 Å². The molecule has 29 heavy (non-hydrogen) atoms. The minimum atomic E-state index is -0.261. The summed E-state index contributed by atoms with van der Waals surface area (Å²) in [6.45, 7) is 7.44. The summed E-state index contributed by atoms with van der Waals surface area (Å²) in [5.41, 5.74) is 2.68. The number of likely N-dealkylation sites (tertiary alicyclic amines) is 1. The Labute approximate surface area is 170 Å². The van der Waals surface area contributed by atoms with Crippen molar-refractivity contribution in [2.24, 2.45) is 5.92 Å². The van der Waals surface area contributed by atoms with E-state index in [0.29, 0.717) is 18.4 Å². The summed E-state index contributed by atoms with van der Waals surface area (Å²) in [7, 11) is 0. The number of aromatic nitrogens is 3. The second-order valence-corrected chi connectivity index (χ2v) is 8.22. The van der Waals surface area contributed by atoms with Crippen LogP contribution in [-0.4, -0.2) is 51.5 Å². The number of allylic oxidation sites excluding steroid dienone is 1. The minimum Gasteiger partial charge on any atom is -0.349 e. The fourth-order valence-corrected chi connectivity index (χ4v) is 4.56. The second kappa shape index (κ2) is 8.29. The van der Waals surface area contributed by atoms with Gasteiger partial charge in [-0.15, -0.1) is 0 Å². The molecular weight excluding hydrogens is 366 g/mol. The van der Waals surface area contributed by atoms with Gasteiger partial charge in [-0.2, -0.15) is 0 Å². The first kappa shape index (κ1) is 19.5. The Balaban J connectivity index is 1.58. The number of pyridine rings is 1. The second-order valence-electron chi connectivity index (χ2n) is 8.22. The molecule has 2 aromatic rings. The van der Waals surface area contributed by atoms with E-state index in [4.69, 9.17) is 0 Å². The quantitative estimate of drug-likeness (QED) is 0.786. The van der Waals surface area contributed by atoms with Gasteiger partial charge in [0.05, 0.1) is 12.2 Å². The van der Waals surface area contributed by atoms with Crippen LogP contribution in [0.3, 0.4) is 0 Å². The highest BCUT2D eigenvalue weighted by Gasteiger charge is 2.40. The van der Waals surface area contributed by atoms with E-state index in [-0.39, 0.29) is 23.2 Å². The molecule has 2 aromatic heterocycles. The summed E-state index contributed by atoms with van der Waals surface area (Å²) < 4.78 is 1.91. The summed E-state index contributed by atoms with van der Waals surface area (Å²) in [4.78, 5) is 35.7. The Morgan fingerprint density at radius 3 is 2.90 bits per heavy atom. The van der Waals surface area contributed by atoms with Crippen LogP contribution in [0, 0.1) is 5.92 Å². The van der Waals surface area contributed by atoms with Crippen LogP contribution in [0.1, 0.15) is 48.4 Å². The maximum Gasteiger partial charge on any atom is 0.271 e. The largest absolute Gasteiger partial charge is 0.349 e. The Bertz CT molecular complexity index is 965. The normalized spacial score (nSPS) is 23.2. The number of carbonyl (C=O) groups is 1. The first-order valence-electron chi connectivity index (χ1n) is 10.1. The minimum absolute atomic E-state index is 0.00806. The smallest absolute Gasteiger partial charge is 0.271 e. The van der Waals surface area contributed by atoms with Crippen molar-refractivity contribution in [2.45, 2.75) is 32.2 Å². The number of nitrogens with zero attached hydrogens (tertiary/aromatic N) is 4. The molecule has 0 aromatic carbocycles. The van der Waals surface area contributed by atoms with E-state index >= 15 is 0 Å². The van der Waals surface area contributed by atoms with E-state index in [0.717, 1.165) is 31.7 Å². The van der Waals surface area contributed by atoms with Crippen LogP contribution in [0.4, 0.5) is 0 Å². The van der Waals surface area contributed by atoms with Crippen LogP contribution < -0.4 is 10.9 Å². The van der Waals surface area contributed by atoms with Gasteiger partial charge in [-0.25, -0.2) is 4.98 Å². The molecule has 1 fully saturated rings. The molecule has 0 unspecified atom stereocenters. The molecular formula is C22H27N5O2. The van der Waals surface area contributed by atoms with Crippen molar-refractivity contribution in [1.29, 1.82) is 0 Å². The Kier molecular flexibility index (Phi) is 5.58. The van der Waals surface area contributed by atoms with Crippen molar-refractivity contribution in [3.8, 4) is 0 Å². The number of hydrogen-bond donors (Lipinski definition) is 1. The highest BCUT2D eigenvalue weighted by atomic mass is 16.2. The van der Waals surface area contributed by atoms with Crippen molar-refractivity contribution < 1.29 is 4.79 Å². The Morgan fingerprint density at radius 1 is 1.28 bits per heavy atom. The highest BCUT2D eigenvalue weighted by Crippen LogP contribution is 2.40. The highest BCUT2D eigenvalue weighted by molar-refractivity contribution is 5.91. The third kappa shape index (κ3) is 4.15. The average Bonchev–Trinajstić information content (AvgIpc) is 2.73. The molecule has 7 nitrogen and oxygen atoms in total. The van der Waals surface area contributed by atoms with Crippen LogP contribution in [-0.2, 0) is 0 Å². The van der Waals surface area contributed by atoms with Gasteiger partial charge in [0.15, 0.2) is 0 Å². The molecule has 2 bridgehead atoms. The average molecular weight is 393 g/mol. The van der Waals surface area contributed by atoms with Gasteiger partial charge in [0.25, 0.3) is 11.5 Å². The molecule has 0 aliphatic carbocycles. The fraction of sp³-hybridized carbons (Fsp3) is 0.455. The van der Waals surface area contributed by atoms with Crippen LogP contribution in [0.5, 0.6) is 0 Å². The number of fused-ring (bicyclic) bond motifs is 4. The van der Waals surface area contributed by atoms with Crippen molar-refractivity contribution in [1.82, 2.24) is 24.8 Å². The van der Waals surface area contributed by atoms with Crippen molar-refractivity contribution >= 4 is 5.91 Å². The van der Waals surface area contributed by atoms with Gasteiger partial charge in [-0.1, -0.05) is 17.7 Å². The first-order valence-corrected chi connectivity index (χ1v) is 10.1. The molecule has 1 N–H and O–H groups in total. The molecule has 1 amide bonds. The maximum absolute atomic E-state index is 12.7. The summed E-state index contributed by atoms with van der Waals surface area (Å²) in [5, 5.41) is 2.97. The van der Waals surface area contributed by atoms with Crippen molar-refractivity contribution in [3.05, 3.63) is 70.2 Å². The van der Waals surface area contributed by atoms with E-state index in [1.54, 1.807) is 6.07 Å². The predicted molar refractivity (Wildman–Crippen MR) is 111 cm³/mol. The molecule has 2 aliphatic rings. The van der Waals surface area contributed by atoms with Crippen LogP contribution in [0.25, 0.3) is 0 Å². The number of amides is 1. The van der Waals surface area contributed by atoms with Crippen molar-refractivity contribution in [2.75, 3.05) is 26.2 Å². The topological polar surface area (TPSA) is 80.1 Å². The molecule has 2 aliphatic heterocycles.